The molecule has 7 nitrogen and oxygen atoms in total. The maximum Gasteiger partial charge on any atom is 0.342 e. The normalized spacial score (nSPS) is 10.8. The molecule has 0 aliphatic heterocycles. The summed E-state index contributed by atoms with van der Waals surface area (Å²) in [6.45, 7) is 1.71. The van der Waals surface area contributed by atoms with Gasteiger partial charge in [-0.2, -0.15) is 0 Å². The van der Waals surface area contributed by atoms with E-state index in [4.69, 9.17) is 9.47 Å². The number of esters is 1. The van der Waals surface area contributed by atoms with Gasteiger partial charge < -0.3 is 14.8 Å². The minimum atomic E-state index is -3.30. The number of rotatable bonds is 7. The molecule has 0 unspecified atom stereocenters. The summed E-state index contributed by atoms with van der Waals surface area (Å²) in [5.41, 5.74) is 0.632. The van der Waals surface area contributed by atoms with E-state index >= 15 is 0 Å². The van der Waals surface area contributed by atoms with Crippen molar-refractivity contribution in [3.8, 4) is 5.75 Å². The zero-order valence-electron chi connectivity index (χ0n) is 14.4. The lowest BCUT2D eigenvalue weighted by Crippen LogP contribution is -2.21. The monoisotopic (exact) mass is 377 g/mol. The minimum absolute atomic E-state index is 0.148. The van der Waals surface area contributed by atoms with Crippen LogP contribution in [0, 0.1) is 0 Å². The molecule has 0 aliphatic carbocycles. The third kappa shape index (κ3) is 5.32. The Hall–Kier alpha value is -2.87. The van der Waals surface area contributed by atoms with Crippen LogP contribution in [0.3, 0.4) is 0 Å². The van der Waals surface area contributed by atoms with Gasteiger partial charge in [-0.1, -0.05) is 12.1 Å². The average molecular weight is 377 g/mol. The Morgan fingerprint density at radius 2 is 1.69 bits per heavy atom. The van der Waals surface area contributed by atoms with Gasteiger partial charge in [-0.25, -0.2) is 13.2 Å². The van der Waals surface area contributed by atoms with E-state index in [1.54, 1.807) is 31.2 Å². The zero-order chi connectivity index (χ0) is 19.2. The second kappa shape index (κ2) is 8.48. The number of carbonyl (C=O) groups is 2. The topological polar surface area (TPSA) is 98.8 Å². The molecule has 8 heteroatoms. The molecule has 0 saturated carbocycles. The van der Waals surface area contributed by atoms with E-state index in [9.17, 15) is 18.0 Å². The van der Waals surface area contributed by atoms with E-state index in [0.717, 1.165) is 6.26 Å². The van der Waals surface area contributed by atoms with Gasteiger partial charge in [0.15, 0.2) is 16.4 Å². The Balaban J connectivity index is 1.93. The fraction of sp³-hybridized carbons (Fsp3) is 0.222. The summed E-state index contributed by atoms with van der Waals surface area (Å²) in [6.07, 6.45) is 1.10. The van der Waals surface area contributed by atoms with E-state index in [0.29, 0.717) is 18.0 Å². The summed E-state index contributed by atoms with van der Waals surface area (Å²) in [4.78, 5) is 24.2. The SMILES string of the molecule is CCOc1ccccc1C(=O)OCC(=O)Nc1ccc(S(C)(=O)=O)cc1. The van der Waals surface area contributed by atoms with Crippen molar-refractivity contribution in [1.29, 1.82) is 0 Å². The molecule has 0 aliphatic rings. The van der Waals surface area contributed by atoms with E-state index in [1.165, 1.54) is 24.3 Å². The summed E-state index contributed by atoms with van der Waals surface area (Å²) < 4.78 is 33.1. The van der Waals surface area contributed by atoms with Gasteiger partial charge in [0.25, 0.3) is 5.91 Å². The molecule has 138 valence electrons. The smallest absolute Gasteiger partial charge is 0.342 e. The number of amides is 1. The number of nitrogens with one attached hydrogen (secondary N) is 1. The number of hydrogen-bond acceptors (Lipinski definition) is 6. The molecule has 0 bridgehead atoms. The van der Waals surface area contributed by atoms with Crippen LogP contribution in [-0.4, -0.2) is 39.8 Å². The number of para-hydroxylation sites is 1. The Morgan fingerprint density at radius 3 is 2.31 bits per heavy atom. The predicted octanol–water partition coefficient (Wildman–Crippen LogP) is 2.28. The molecule has 1 N–H and O–H groups in total. The number of hydrogen-bond donors (Lipinski definition) is 1. The van der Waals surface area contributed by atoms with Crippen molar-refractivity contribution in [2.75, 3.05) is 24.8 Å². The van der Waals surface area contributed by atoms with Crippen molar-refractivity contribution < 1.29 is 27.5 Å². The van der Waals surface area contributed by atoms with E-state index in [2.05, 4.69) is 5.32 Å². The molecular formula is C18H19NO6S. The van der Waals surface area contributed by atoms with Gasteiger partial charge in [0, 0.05) is 11.9 Å². The summed E-state index contributed by atoms with van der Waals surface area (Å²) in [6, 6.07) is 12.3. The summed E-state index contributed by atoms with van der Waals surface area (Å²) in [7, 11) is -3.30. The molecular weight excluding hydrogens is 358 g/mol. The van der Waals surface area contributed by atoms with Crippen LogP contribution in [0.5, 0.6) is 5.75 Å². The quantitative estimate of drug-likeness (QED) is 0.743. The van der Waals surface area contributed by atoms with Crippen molar-refractivity contribution in [3.63, 3.8) is 0 Å². The van der Waals surface area contributed by atoms with Gasteiger partial charge in [0.05, 0.1) is 11.5 Å². The molecule has 26 heavy (non-hydrogen) atoms. The Bertz CT molecular complexity index is 890. The fourth-order valence-electron chi connectivity index (χ4n) is 2.11. The molecule has 2 aromatic rings. The molecule has 0 aromatic heterocycles. The Labute approximate surface area is 151 Å². The first kappa shape index (κ1) is 19.5. The second-order valence-electron chi connectivity index (χ2n) is 5.35. The van der Waals surface area contributed by atoms with Crippen LogP contribution >= 0.6 is 0 Å². The molecule has 1 amide bonds. The molecule has 0 heterocycles. The number of ether oxygens (including phenoxy) is 2. The van der Waals surface area contributed by atoms with Gasteiger partial charge in [-0.3, -0.25) is 4.79 Å². The van der Waals surface area contributed by atoms with Crippen LogP contribution in [0.1, 0.15) is 17.3 Å². The molecule has 0 atom stereocenters. The first-order valence-corrected chi connectivity index (χ1v) is 9.69. The van der Waals surface area contributed by atoms with Crippen LogP contribution in [0.2, 0.25) is 0 Å². The molecule has 2 aromatic carbocycles. The molecule has 0 fully saturated rings. The third-order valence-electron chi connectivity index (χ3n) is 3.31. The number of sulfone groups is 1. The summed E-state index contributed by atoms with van der Waals surface area (Å²) in [5.74, 6) is -0.826. The van der Waals surface area contributed by atoms with Crippen molar-refractivity contribution >= 4 is 27.4 Å². The van der Waals surface area contributed by atoms with Gasteiger partial charge in [-0.05, 0) is 43.3 Å². The van der Waals surface area contributed by atoms with Gasteiger partial charge in [0.2, 0.25) is 0 Å². The highest BCUT2D eigenvalue weighted by Crippen LogP contribution is 2.19. The van der Waals surface area contributed by atoms with E-state index in [1.807, 2.05) is 0 Å². The van der Waals surface area contributed by atoms with Crippen LogP contribution in [-0.2, 0) is 19.4 Å². The molecule has 2 rings (SSSR count). The lowest BCUT2D eigenvalue weighted by Gasteiger charge is -2.10. The van der Waals surface area contributed by atoms with Crippen molar-refractivity contribution in [3.05, 3.63) is 54.1 Å². The Morgan fingerprint density at radius 1 is 1.04 bits per heavy atom. The van der Waals surface area contributed by atoms with Crippen LogP contribution < -0.4 is 10.1 Å². The zero-order valence-corrected chi connectivity index (χ0v) is 15.2. The van der Waals surface area contributed by atoms with Gasteiger partial charge in [-0.15, -0.1) is 0 Å². The standard InChI is InChI=1S/C18H19NO6S/c1-3-24-16-7-5-4-6-15(16)18(21)25-12-17(20)19-13-8-10-14(11-9-13)26(2,22)23/h4-11H,3,12H2,1-2H3,(H,19,20). The second-order valence-corrected chi connectivity index (χ2v) is 7.37. The van der Waals surface area contributed by atoms with Gasteiger partial charge in [0.1, 0.15) is 11.3 Å². The van der Waals surface area contributed by atoms with E-state index in [-0.39, 0.29) is 10.5 Å². The van der Waals surface area contributed by atoms with Crippen molar-refractivity contribution in [2.45, 2.75) is 11.8 Å². The summed E-state index contributed by atoms with van der Waals surface area (Å²) >= 11 is 0. The lowest BCUT2D eigenvalue weighted by molar-refractivity contribution is -0.119. The van der Waals surface area contributed by atoms with Crippen LogP contribution in [0.25, 0.3) is 0 Å². The average Bonchev–Trinajstić information content (AvgIpc) is 2.60. The highest BCUT2D eigenvalue weighted by molar-refractivity contribution is 7.90. The number of carbonyl (C=O) groups excluding carboxylic acids is 2. The maximum atomic E-state index is 12.1. The third-order valence-corrected chi connectivity index (χ3v) is 4.44. The van der Waals surface area contributed by atoms with Gasteiger partial charge >= 0.3 is 5.97 Å². The maximum absolute atomic E-state index is 12.1. The summed E-state index contributed by atoms with van der Waals surface area (Å²) in [5, 5.41) is 2.52. The minimum Gasteiger partial charge on any atom is -0.493 e. The molecule has 0 saturated heterocycles. The van der Waals surface area contributed by atoms with Crippen molar-refractivity contribution in [1.82, 2.24) is 0 Å². The fourth-order valence-corrected chi connectivity index (χ4v) is 2.74. The first-order chi connectivity index (χ1) is 12.3. The largest absolute Gasteiger partial charge is 0.493 e. The predicted molar refractivity (Wildman–Crippen MR) is 96.1 cm³/mol. The highest BCUT2D eigenvalue weighted by atomic mass is 32.2. The first-order valence-electron chi connectivity index (χ1n) is 7.80. The lowest BCUT2D eigenvalue weighted by atomic mass is 10.2. The van der Waals surface area contributed by atoms with Crippen LogP contribution in [0.15, 0.2) is 53.4 Å². The molecule has 0 radical (unpaired) electrons. The number of benzene rings is 2. The van der Waals surface area contributed by atoms with Crippen LogP contribution in [0.4, 0.5) is 5.69 Å². The number of anilines is 1. The van der Waals surface area contributed by atoms with Crippen molar-refractivity contribution in [2.24, 2.45) is 0 Å². The highest BCUT2D eigenvalue weighted by Gasteiger charge is 2.15. The Kier molecular flexibility index (Phi) is 6.35. The molecule has 0 spiro atoms. The van der Waals surface area contributed by atoms with E-state index < -0.39 is 28.3 Å².